The Bertz CT molecular complexity index is 906. The van der Waals surface area contributed by atoms with Crippen molar-refractivity contribution in [2.24, 2.45) is 0 Å². The lowest BCUT2D eigenvalue weighted by Crippen LogP contribution is -2.35. The molecule has 0 aliphatic carbocycles. The Balaban J connectivity index is 1.64. The van der Waals surface area contributed by atoms with E-state index in [1.807, 2.05) is 36.4 Å². The van der Waals surface area contributed by atoms with Crippen molar-refractivity contribution in [3.05, 3.63) is 60.4 Å². The van der Waals surface area contributed by atoms with Gasteiger partial charge in [0.2, 0.25) is 0 Å². The van der Waals surface area contributed by atoms with Gasteiger partial charge < -0.3 is 16.0 Å². The molecule has 4 rings (SSSR count). The highest BCUT2D eigenvalue weighted by Gasteiger charge is 2.17. The Morgan fingerprint density at radius 3 is 2.65 bits per heavy atom. The Hall–Kier alpha value is -2.99. The van der Waals surface area contributed by atoms with Gasteiger partial charge in [0.05, 0.1) is 11.1 Å². The number of carbonyl (C=O) groups is 1. The maximum Gasteiger partial charge on any atom is 0.259 e. The van der Waals surface area contributed by atoms with E-state index in [9.17, 15) is 4.79 Å². The number of carbonyl (C=O) groups excluding carboxylic acids is 1. The first-order chi connectivity index (χ1) is 12.8. The minimum atomic E-state index is -0.208. The number of amides is 1. The minimum absolute atomic E-state index is 0.208. The molecule has 132 valence electrons. The standard InChI is InChI=1S/C20H21N5O/c26-20(25-18-5-1-2-10-22-18)16-6-7-17(15-4-3-11-23-19(15)16)24-14-8-12-21-13-9-14/h1-7,10-11,14,21,24H,8-9,12-13H2,(H,22,25,26). The van der Waals surface area contributed by atoms with Gasteiger partial charge in [0.1, 0.15) is 5.82 Å². The normalized spacial score (nSPS) is 14.9. The van der Waals surface area contributed by atoms with Crippen molar-refractivity contribution < 1.29 is 4.79 Å². The van der Waals surface area contributed by atoms with Crippen LogP contribution in [0, 0.1) is 0 Å². The first-order valence-electron chi connectivity index (χ1n) is 8.88. The third-order valence-electron chi connectivity index (χ3n) is 4.62. The molecular formula is C20H21N5O. The first kappa shape index (κ1) is 16.5. The van der Waals surface area contributed by atoms with E-state index < -0.39 is 0 Å². The number of anilines is 2. The third-order valence-corrected chi connectivity index (χ3v) is 4.62. The summed E-state index contributed by atoms with van der Waals surface area (Å²) in [5.74, 6) is 0.319. The van der Waals surface area contributed by atoms with Gasteiger partial charge in [-0.05, 0) is 62.3 Å². The van der Waals surface area contributed by atoms with E-state index in [1.54, 1.807) is 18.5 Å². The fraction of sp³-hybridized carbons (Fsp3) is 0.250. The van der Waals surface area contributed by atoms with Crippen molar-refractivity contribution in [3.63, 3.8) is 0 Å². The summed E-state index contributed by atoms with van der Waals surface area (Å²) in [4.78, 5) is 21.3. The number of fused-ring (bicyclic) bond motifs is 1. The Morgan fingerprint density at radius 2 is 1.85 bits per heavy atom. The quantitative estimate of drug-likeness (QED) is 0.676. The zero-order chi connectivity index (χ0) is 17.8. The lowest BCUT2D eigenvalue weighted by atomic mass is 10.0. The van der Waals surface area contributed by atoms with Gasteiger partial charge in [-0.3, -0.25) is 9.78 Å². The van der Waals surface area contributed by atoms with Crippen molar-refractivity contribution in [2.45, 2.75) is 18.9 Å². The van der Waals surface area contributed by atoms with E-state index in [2.05, 4.69) is 25.9 Å². The summed E-state index contributed by atoms with van der Waals surface area (Å²) in [5.41, 5.74) is 2.26. The number of benzene rings is 1. The number of nitrogens with zero attached hydrogens (tertiary/aromatic N) is 2. The zero-order valence-corrected chi connectivity index (χ0v) is 14.4. The molecule has 6 heteroatoms. The van der Waals surface area contributed by atoms with Crippen LogP contribution in [0.3, 0.4) is 0 Å². The number of hydrogen-bond donors (Lipinski definition) is 3. The van der Waals surface area contributed by atoms with Crippen LogP contribution in [0.4, 0.5) is 11.5 Å². The second-order valence-corrected chi connectivity index (χ2v) is 6.40. The van der Waals surface area contributed by atoms with Crippen LogP contribution in [0.2, 0.25) is 0 Å². The molecule has 1 aliphatic rings. The lowest BCUT2D eigenvalue weighted by Gasteiger charge is -2.25. The Labute approximate surface area is 152 Å². The smallest absolute Gasteiger partial charge is 0.259 e. The molecule has 6 nitrogen and oxygen atoms in total. The maximum atomic E-state index is 12.7. The third kappa shape index (κ3) is 3.50. The van der Waals surface area contributed by atoms with E-state index in [0.29, 0.717) is 22.9 Å². The van der Waals surface area contributed by atoms with Crippen molar-refractivity contribution in [3.8, 4) is 0 Å². The molecule has 3 N–H and O–H groups in total. The van der Waals surface area contributed by atoms with Crippen LogP contribution in [-0.4, -0.2) is 35.0 Å². The summed E-state index contributed by atoms with van der Waals surface area (Å²) in [5, 5.41) is 10.8. The van der Waals surface area contributed by atoms with Gasteiger partial charge in [-0.1, -0.05) is 6.07 Å². The van der Waals surface area contributed by atoms with Gasteiger partial charge in [-0.25, -0.2) is 4.98 Å². The molecule has 0 radical (unpaired) electrons. The lowest BCUT2D eigenvalue weighted by molar-refractivity contribution is 0.102. The monoisotopic (exact) mass is 347 g/mol. The summed E-state index contributed by atoms with van der Waals surface area (Å²) in [7, 11) is 0. The first-order valence-corrected chi connectivity index (χ1v) is 8.88. The average molecular weight is 347 g/mol. The summed E-state index contributed by atoms with van der Waals surface area (Å²) in [6.07, 6.45) is 5.54. The largest absolute Gasteiger partial charge is 0.382 e. The number of rotatable bonds is 4. The van der Waals surface area contributed by atoms with E-state index in [1.165, 1.54) is 0 Å². The minimum Gasteiger partial charge on any atom is -0.382 e. The van der Waals surface area contributed by atoms with E-state index in [0.717, 1.165) is 37.0 Å². The second kappa shape index (κ2) is 7.49. The van der Waals surface area contributed by atoms with Crippen molar-refractivity contribution in [2.75, 3.05) is 23.7 Å². The maximum absolute atomic E-state index is 12.7. The fourth-order valence-corrected chi connectivity index (χ4v) is 3.29. The molecular weight excluding hydrogens is 326 g/mol. The predicted molar refractivity (Wildman–Crippen MR) is 103 cm³/mol. The summed E-state index contributed by atoms with van der Waals surface area (Å²) >= 11 is 0. The number of aromatic nitrogens is 2. The number of nitrogens with one attached hydrogen (secondary N) is 3. The molecule has 0 saturated carbocycles. The Morgan fingerprint density at radius 1 is 1.00 bits per heavy atom. The molecule has 0 spiro atoms. The second-order valence-electron chi connectivity index (χ2n) is 6.40. The highest BCUT2D eigenvalue weighted by molar-refractivity contribution is 6.13. The number of pyridine rings is 2. The highest BCUT2D eigenvalue weighted by atomic mass is 16.1. The molecule has 1 aromatic carbocycles. The molecule has 1 fully saturated rings. The van der Waals surface area contributed by atoms with Gasteiger partial charge in [0.25, 0.3) is 5.91 Å². The molecule has 0 unspecified atom stereocenters. The number of piperidine rings is 1. The fourth-order valence-electron chi connectivity index (χ4n) is 3.29. The van der Waals surface area contributed by atoms with Gasteiger partial charge >= 0.3 is 0 Å². The van der Waals surface area contributed by atoms with Crippen molar-refractivity contribution >= 4 is 28.3 Å². The van der Waals surface area contributed by atoms with E-state index in [4.69, 9.17) is 0 Å². The van der Waals surface area contributed by atoms with Gasteiger partial charge in [-0.15, -0.1) is 0 Å². The van der Waals surface area contributed by atoms with Crippen molar-refractivity contribution in [1.29, 1.82) is 0 Å². The summed E-state index contributed by atoms with van der Waals surface area (Å²) < 4.78 is 0. The van der Waals surface area contributed by atoms with E-state index in [-0.39, 0.29) is 5.91 Å². The van der Waals surface area contributed by atoms with Gasteiger partial charge in [0, 0.05) is 29.5 Å². The van der Waals surface area contributed by atoms with Crippen LogP contribution in [0.15, 0.2) is 54.9 Å². The highest BCUT2D eigenvalue weighted by Crippen LogP contribution is 2.27. The van der Waals surface area contributed by atoms with Crippen LogP contribution < -0.4 is 16.0 Å². The molecule has 0 atom stereocenters. The molecule has 1 aliphatic heterocycles. The molecule has 26 heavy (non-hydrogen) atoms. The van der Waals surface area contributed by atoms with Crippen LogP contribution in [0.5, 0.6) is 0 Å². The Kier molecular flexibility index (Phi) is 4.75. The predicted octanol–water partition coefficient (Wildman–Crippen LogP) is 3.05. The molecule has 3 heterocycles. The van der Waals surface area contributed by atoms with E-state index >= 15 is 0 Å². The topological polar surface area (TPSA) is 78.9 Å². The summed E-state index contributed by atoms with van der Waals surface area (Å²) in [6.45, 7) is 2.05. The molecule has 1 saturated heterocycles. The van der Waals surface area contributed by atoms with Gasteiger partial charge in [-0.2, -0.15) is 0 Å². The molecule has 1 amide bonds. The van der Waals surface area contributed by atoms with Gasteiger partial charge in [0.15, 0.2) is 0 Å². The van der Waals surface area contributed by atoms with Crippen LogP contribution in [-0.2, 0) is 0 Å². The number of hydrogen-bond acceptors (Lipinski definition) is 5. The molecule has 0 bridgehead atoms. The molecule has 3 aromatic rings. The molecule has 2 aromatic heterocycles. The van der Waals surface area contributed by atoms with Crippen LogP contribution in [0.25, 0.3) is 10.9 Å². The average Bonchev–Trinajstić information content (AvgIpc) is 2.70. The van der Waals surface area contributed by atoms with Crippen molar-refractivity contribution in [1.82, 2.24) is 15.3 Å². The van der Waals surface area contributed by atoms with Crippen LogP contribution in [0.1, 0.15) is 23.2 Å². The van der Waals surface area contributed by atoms with Crippen LogP contribution >= 0.6 is 0 Å². The zero-order valence-electron chi connectivity index (χ0n) is 14.4. The summed E-state index contributed by atoms with van der Waals surface area (Å²) in [6, 6.07) is 13.6. The SMILES string of the molecule is O=C(Nc1ccccn1)c1ccc(NC2CCNCC2)c2cccnc12.